The first-order chi connectivity index (χ1) is 4.86. The molecule has 1 aromatic heterocycles. The van der Waals surface area contributed by atoms with Crippen LogP contribution in [0.15, 0.2) is 24.5 Å². The van der Waals surface area contributed by atoms with Gasteiger partial charge in [0.2, 0.25) is 0 Å². The lowest BCUT2D eigenvalue weighted by atomic mass is 10.4. The Bertz CT molecular complexity index is 262. The highest BCUT2D eigenvalue weighted by atomic mass is 15.4. The van der Waals surface area contributed by atoms with Gasteiger partial charge in [-0.2, -0.15) is 0 Å². The summed E-state index contributed by atoms with van der Waals surface area (Å²) in [6.45, 7) is 0.795. The van der Waals surface area contributed by atoms with Crippen molar-refractivity contribution < 1.29 is 0 Å². The van der Waals surface area contributed by atoms with Gasteiger partial charge in [-0.25, -0.2) is 5.84 Å². The molecule has 0 amide bonds. The quantitative estimate of drug-likeness (QED) is 0.529. The van der Waals surface area contributed by atoms with Crippen molar-refractivity contribution in [1.29, 1.82) is 0 Å². The van der Waals surface area contributed by atoms with E-state index in [1.807, 2.05) is 24.7 Å². The largest absolute Gasteiger partial charge is 0.324 e. The molecular formula is C7H9N3. The predicted octanol–water partition coefficient (Wildman–Crippen LogP) is 0.606. The number of rotatable bonds is 0. The minimum absolute atomic E-state index is 0.795. The van der Waals surface area contributed by atoms with Gasteiger partial charge in [0.25, 0.3) is 0 Å². The van der Waals surface area contributed by atoms with Crippen LogP contribution in [0.2, 0.25) is 0 Å². The number of hydrazine groups is 1. The Kier molecular flexibility index (Phi) is 1.05. The first-order valence-electron chi connectivity index (χ1n) is 3.21. The molecule has 52 valence electrons. The molecule has 0 saturated carbocycles. The Morgan fingerprint density at radius 3 is 3.20 bits per heavy atom. The van der Waals surface area contributed by atoms with E-state index in [-0.39, 0.29) is 0 Å². The Morgan fingerprint density at radius 1 is 1.40 bits per heavy atom. The van der Waals surface area contributed by atoms with E-state index < -0.39 is 0 Å². The zero-order valence-corrected chi connectivity index (χ0v) is 5.57. The topological polar surface area (TPSA) is 34.2 Å². The molecule has 0 aromatic carbocycles. The molecule has 0 saturated heterocycles. The Morgan fingerprint density at radius 2 is 2.30 bits per heavy atom. The second-order valence-electron chi connectivity index (χ2n) is 2.38. The number of hydrogen-bond acceptors (Lipinski definition) is 2. The van der Waals surface area contributed by atoms with E-state index in [2.05, 4.69) is 10.6 Å². The van der Waals surface area contributed by atoms with Crippen molar-refractivity contribution in [3.8, 4) is 0 Å². The molecule has 0 unspecified atom stereocenters. The van der Waals surface area contributed by atoms with E-state index in [1.54, 1.807) is 5.01 Å². The van der Waals surface area contributed by atoms with Crippen molar-refractivity contribution in [2.75, 3.05) is 0 Å². The molecule has 0 atom stereocenters. The molecule has 0 radical (unpaired) electrons. The summed E-state index contributed by atoms with van der Waals surface area (Å²) in [5.41, 5.74) is 1.23. The fourth-order valence-electron chi connectivity index (χ4n) is 1.11. The monoisotopic (exact) mass is 135 g/mol. The molecule has 0 fully saturated rings. The molecule has 10 heavy (non-hydrogen) atoms. The summed E-state index contributed by atoms with van der Waals surface area (Å²) in [5, 5.41) is 1.66. The van der Waals surface area contributed by atoms with Gasteiger partial charge in [-0.1, -0.05) is 0 Å². The summed E-state index contributed by atoms with van der Waals surface area (Å²) < 4.78 is 2.06. The second-order valence-corrected chi connectivity index (χ2v) is 2.38. The average Bonchev–Trinajstić information content (AvgIpc) is 2.33. The first kappa shape index (κ1) is 5.56. The standard InChI is InChI=1S/C7H9N3/c8-10-5-4-9-3-1-2-7(9)6-10/h1-5H,6,8H2. The Hall–Kier alpha value is -1.22. The van der Waals surface area contributed by atoms with Gasteiger partial charge in [0, 0.05) is 24.3 Å². The van der Waals surface area contributed by atoms with E-state index >= 15 is 0 Å². The summed E-state index contributed by atoms with van der Waals surface area (Å²) in [6.07, 6.45) is 5.81. The van der Waals surface area contributed by atoms with Gasteiger partial charge in [0.05, 0.1) is 6.54 Å². The van der Waals surface area contributed by atoms with E-state index in [1.165, 1.54) is 5.69 Å². The third-order valence-corrected chi connectivity index (χ3v) is 1.63. The molecule has 1 aliphatic heterocycles. The molecule has 3 nitrogen and oxygen atoms in total. The predicted molar refractivity (Wildman–Crippen MR) is 39.5 cm³/mol. The molecular weight excluding hydrogens is 126 g/mol. The van der Waals surface area contributed by atoms with Crippen molar-refractivity contribution in [2.24, 2.45) is 5.84 Å². The lowest BCUT2D eigenvalue weighted by Crippen LogP contribution is -2.27. The maximum atomic E-state index is 5.54. The number of nitrogens with two attached hydrogens (primary N) is 1. The third-order valence-electron chi connectivity index (χ3n) is 1.63. The van der Waals surface area contributed by atoms with Gasteiger partial charge in [0.15, 0.2) is 0 Å². The minimum atomic E-state index is 0.795. The van der Waals surface area contributed by atoms with Crippen LogP contribution in [0.25, 0.3) is 6.20 Å². The van der Waals surface area contributed by atoms with Crippen LogP contribution in [0.4, 0.5) is 0 Å². The average molecular weight is 135 g/mol. The molecule has 1 aliphatic rings. The van der Waals surface area contributed by atoms with Gasteiger partial charge in [-0.15, -0.1) is 0 Å². The number of nitrogens with zero attached hydrogens (tertiary/aromatic N) is 2. The second kappa shape index (κ2) is 1.88. The molecule has 2 heterocycles. The summed E-state index contributed by atoms with van der Waals surface area (Å²) >= 11 is 0. The van der Waals surface area contributed by atoms with E-state index in [0.29, 0.717) is 0 Å². The fraction of sp³-hybridized carbons (Fsp3) is 0.143. The van der Waals surface area contributed by atoms with Crippen molar-refractivity contribution in [3.63, 3.8) is 0 Å². The molecule has 0 spiro atoms. The summed E-state index contributed by atoms with van der Waals surface area (Å²) in [7, 11) is 0. The van der Waals surface area contributed by atoms with Gasteiger partial charge < -0.3 is 9.58 Å². The van der Waals surface area contributed by atoms with Crippen LogP contribution in [0.5, 0.6) is 0 Å². The summed E-state index contributed by atoms with van der Waals surface area (Å²) in [4.78, 5) is 0. The smallest absolute Gasteiger partial charge is 0.0741 e. The zero-order valence-electron chi connectivity index (χ0n) is 5.57. The highest BCUT2D eigenvalue weighted by Gasteiger charge is 2.04. The van der Waals surface area contributed by atoms with E-state index in [0.717, 1.165) is 6.54 Å². The van der Waals surface area contributed by atoms with Gasteiger partial charge >= 0.3 is 0 Å². The van der Waals surface area contributed by atoms with Crippen LogP contribution in [0.1, 0.15) is 5.69 Å². The van der Waals surface area contributed by atoms with Gasteiger partial charge in [-0.05, 0) is 12.1 Å². The first-order valence-corrected chi connectivity index (χ1v) is 3.21. The van der Waals surface area contributed by atoms with Crippen LogP contribution in [0.3, 0.4) is 0 Å². The lowest BCUT2D eigenvalue weighted by molar-refractivity contribution is 0.372. The lowest BCUT2D eigenvalue weighted by Gasteiger charge is -2.18. The summed E-state index contributed by atoms with van der Waals surface area (Å²) in [5.74, 6) is 5.54. The fourth-order valence-corrected chi connectivity index (χ4v) is 1.11. The SMILES string of the molecule is NN1C=Cn2cccc2C1. The molecule has 0 aliphatic carbocycles. The van der Waals surface area contributed by atoms with Gasteiger partial charge in [-0.3, -0.25) is 0 Å². The molecule has 1 aromatic rings. The Balaban J connectivity index is 2.43. The highest BCUT2D eigenvalue weighted by molar-refractivity contribution is 5.30. The summed E-state index contributed by atoms with van der Waals surface area (Å²) in [6, 6.07) is 4.07. The number of fused-ring (bicyclic) bond motifs is 1. The normalized spacial score (nSPS) is 15.5. The van der Waals surface area contributed by atoms with Crippen LogP contribution in [-0.4, -0.2) is 9.58 Å². The Labute approximate surface area is 59.3 Å². The van der Waals surface area contributed by atoms with Gasteiger partial charge in [0.1, 0.15) is 0 Å². The van der Waals surface area contributed by atoms with Crippen LogP contribution in [0, 0.1) is 0 Å². The molecule has 2 rings (SSSR count). The van der Waals surface area contributed by atoms with Crippen LogP contribution >= 0.6 is 0 Å². The molecule has 0 bridgehead atoms. The number of hydrogen-bond donors (Lipinski definition) is 1. The maximum Gasteiger partial charge on any atom is 0.0741 e. The third kappa shape index (κ3) is 0.717. The number of aromatic nitrogens is 1. The van der Waals surface area contributed by atoms with Crippen molar-refractivity contribution in [2.45, 2.75) is 6.54 Å². The maximum absolute atomic E-state index is 5.54. The van der Waals surface area contributed by atoms with Crippen molar-refractivity contribution in [1.82, 2.24) is 9.58 Å². The van der Waals surface area contributed by atoms with Crippen molar-refractivity contribution >= 4 is 6.20 Å². The van der Waals surface area contributed by atoms with Crippen LogP contribution < -0.4 is 5.84 Å². The van der Waals surface area contributed by atoms with E-state index in [4.69, 9.17) is 5.84 Å². The molecule has 3 heteroatoms. The highest BCUT2D eigenvalue weighted by Crippen LogP contribution is 2.09. The van der Waals surface area contributed by atoms with E-state index in [9.17, 15) is 0 Å². The zero-order chi connectivity index (χ0) is 6.97. The van der Waals surface area contributed by atoms with Crippen LogP contribution in [-0.2, 0) is 6.54 Å². The van der Waals surface area contributed by atoms with Crippen molar-refractivity contribution in [3.05, 3.63) is 30.2 Å². The minimum Gasteiger partial charge on any atom is -0.324 e. The molecule has 2 N–H and O–H groups in total.